The van der Waals surface area contributed by atoms with E-state index in [0.29, 0.717) is 12.8 Å². The molecule has 0 aliphatic heterocycles. The second-order valence-corrected chi connectivity index (χ2v) is 7.00. The molecular weight excluding hydrogens is 234 g/mol. The van der Waals surface area contributed by atoms with Crippen LogP contribution in [0.1, 0.15) is 53.9 Å². The predicted molar refractivity (Wildman–Crippen MR) is 67.4 cm³/mol. The van der Waals surface area contributed by atoms with Gasteiger partial charge in [-0.2, -0.15) is 0 Å². The van der Waals surface area contributed by atoms with Crippen LogP contribution in [0.25, 0.3) is 0 Å². The van der Waals surface area contributed by atoms with Gasteiger partial charge in [-0.15, -0.1) is 0 Å². The molecule has 0 aromatic rings. The summed E-state index contributed by atoms with van der Waals surface area (Å²) in [6.07, 6.45) is 0.714. The van der Waals surface area contributed by atoms with Crippen LogP contribution in [-0.4, -0.2) is 28.3 Å². The Morgan fingerprint density at radius 2 is 1.78 bits per heavy atom. The molecule has 0 aromatic heterocycles. The van der Waals surface area contributed by atoms with Crippen LogP contribution in [0.4, 0.5) is 4.79 Å². The number of carboxylic acid groups (broad SMARTS) is 1. The Hall–Kier alpha value is -1.26. The number of carboxylic acids is 1. The molecule has 0 radical (unpaired) electrons. The van der Waals surface area contributed by atoms with Gasteiger partial charge in [0.25, 0.3) is 0 Å². The smallest absolute Gasteiger partial charge is 0.408 e. The normalized spacial score (nSPS) is 20.7. The second kappa shape index (κ2) is 4.44. The fraction of sp³-hybridized carbons (Fsp3) is 0.846. The van der Waals surface area contributed by atoms with E-state index in [-0.39, 0.29) is 11.8 Å². The van der Waals surface area contributed by atoms with Gasteiger partial charge < -0.3 is 15.2 Å². The first kappa shape index (κ1) is 14.8. The van der Waals surface area contributed by atoms with Crippen LogP contribution >= 0.6 is 0 Å². The average Bonchev–Trinajstić information content (AvgIpc) is 1.91. The number of hydrogen-bond donors (Lipinski definition) is 2. The van der Waals surface area contributed by atoms with Crippen molar-refractivity contribution in [3.63, 3.8) is 0 Å². The van der Waals surface area contributed by atoms with Crippen LogP contribution in [0, 0.1) is 5.41 Å². The molecule has 1 amide bonds. The van der Waals surface area contributed by atoms with E-state index in [1.807, 2.05) is 0 Å². The monoisotopic (exact) mass is 257 g/mol. The summed E-state index contributed by atoms with van der Waals surface area (Å²) in [6.45, 7) is 9.46. The Kier molecular flexibility index (Phi) is 3.65. The van der Waals surface area contributed by atoms with Crippen molar-refractivity contribution in [2.45, 2.75) is 65.0 Å². The number of alkyl carbamates (subject to hydrolysis) is 1. The van der Waals surface area contributed by atoms with E-state index in [4.69, 9.17) is 9.84 Å². The van der Waals surface area contributed by atoms with Gasteiger partial charge in [0.1, 0.15) is 5.60 Å². The van der Waals surface area contributed by atoms with E-state index in [1.54, 1.807) is 20.8 Å². The molecule has 18 heavy (non-hydrogen) atoms. The van der Waals surface area contributed by atoms with E-state index in [2.05, 4.69) is 19.2 Å². The highest BCUT2D eigenvalue weighted by Gasteiger charge is 2.51. The summed E-state index contributed by atoms with van der Waals surface area (Å²) in [7, 11) is 0. The van der Waals surface area contributed by atoms with Gasteiger partial charge >= 0.3 is 12.1 Å². The van der Waals surface area contributed by atoms with Crippen LogP contribution in [0.3, 0.4) is 0 Å². The summed E-state index contributed by atoms with van der Waals surface area (Å²) in [5.74, 6) is -0.901. The number of hydrogen-bond acceptors (Lipinski definition) is 3. The van der Waals surface area contributed by atoms with Gasteiger partial charge in [0.2, 0.25) is 0 Å². The number of carbonyl (C=O) groups is 2. The molecule has 1 saturated carbocycles. The molecule has 0 unspecified atom stereocenters. The number of rotatable bonds is 3. The van der Waals surface area contributed by atoms with Crippen molar-refractivity contribution in [1.29, 1.82) is 0 Å². The van der Waals surface area contributed by atoms with Crippen LogP contribution in [0.5, 0.6) is 0 Å². The van der Waals surface area contributed by atoms with Gasteiger partial charge in [-0.25, -0.2) is 4.79 Å². The number of carbonyl (C=O) groups excluding carboxylic acids is 1. The Bertz CT molecular complexity index is 346. The third-order valence-electron chi connectivity index (χ3n) is 2.89. The number of amides is 1. The number of aliphatic carboxylic acids is 1. The van der Waals surface area contributed by atoms with Crippen molar-refractivity contribution >= 4 is 12.1 Å². The van der Waals surface area contributed by atoms with Crippen molar-refractivity contribution < 1.29 is 19.4 Å². The minimum atomic E-state index is -0.901. The number of ether oxygens (including phenoxy) is 1. The zero-order valence-electron chi connectivity index (χ0n) is 11.8. The van der Waals surface area contributed by atoms with E-state index in [0.717, 1.165) is 0 Å². The molecule has 5 heteroatoms. The minimum absolute atomic E-state index is 0.0598. The molecule has 1 rings (SSSR count). The summed E-state index contributed by atoms with van der Waals surface area (Å²) in [6, 6.07) is 0. The van der Waals surface area contributed by atoms with E-state index < -0.39 is 23.2 Å². The van der Waals surface area contributed by atoms with Gasteiger partial charge in [0, 0.05) is 0 Å². The van der Waals surface area contributed by atoms with Gasteiger partial charge in [-0.05, 0) is 39.0 Å². The highest BCUT2D eigenvalue weighted by Crippen LogP contribution is 2.49. The molecule has 1 aliphatic carbocycles. The molecular formula is C13H23NO4. The minimum Gasteiger partial charge on any atom is -0.481 e. The maximum absolute atomic E-state index is 11.7. The third-order valence-corrected chi connectivity index (χ3v) is 2.89. The van der Waals surface area contributed by atoms with Crippen molar-refractivity contribution in [1.82, 2.24) is 5.32 Å². The molecule has 0 bridgehead atoms. The fourth-order valence-corrected chi connectivity index (χ4v) is 2.85. The van der Waals surface area contributed by atoms with Crippen molar-refractivity contribution in [3.8, 4) is 0 Å². The van der Waals surface area contributed by atoms with Gasteiger partial charge in [0.15, 0.2) is 0 Å². The SMILES string of the molecule is CC1(C)CC(CC(=O)O)(NC(=O)OC(C)(C)C)C1. The Balaban J connectivity index is 2.64. The maximum atomic E-state index is 11.7. The lowest BCUT2D eigenvalue weighted by molar-refractivity contribution is -0.141. The lowest BCUT2D eigenvalue weighted by Crippen LogP contribution is -2.61. The topological polar surface area (TPSA) is 75.6 Å². The molecule has 0 atom stereocenters. The quantitative estimate of drug-likeness (QED) is 0.814. The highest BCUT2D eigenvalue weighted by atomic mass is 16.6. The van der Waals surface area contributed by atoms with Crippen molar-refractivity contribution in [2.24, 2.45) is 5.41 Å². The summed E-state index contributed by atoms with van der Waals surface area (Å²) in [5, 5.41) is 11.7. The molecule has 0 spiro atoms. The Morgan fingerprint density at radius 1 is 1.28 bits per heavy atom. The average molecular weight is 257 g/mol. The standard InChI is InChI=1S/C13H23NO4/c1-11(2,3)18-10(17)14-13(6-9(15)16)7-12(4,5)8-13/h6-8H2,1-5H3,(H,14,17)(H,15,16). The Labute approximate surface area is 108 Å². The zero-order valence-corrected chi connectivity index (χ0v) is 11.8. The molecule has 104 valence electrons. The summed E-state index contributed by atoms with van der Waals surface area (Å²) in [5.41, 5.74) is -1.16. The van der Waals surface area contributed by atoms with Crippen LogP contribution in [0.15, 0.2) is 0 Å². The molecule has 0 saturated heterocycles. The lowest BCUT2D eigenvalue weighted by Gasteiger charge is -2.52. The second-order valence-electron chi connectivity index (χ2n) is 7.00. The highest BCUT2D eigenvalue weighted by molar-refractivity contribution is 5.73. The molecule has 5 nitrogen and oxygen atoms in total. The van der Waals surface area contributed by atoms with Crippen LogP contribution in [0.2, 0.25) is 0 Å². The van der Waals surface area contributed by atoms with Gasteiger partial charge in [-0.3, -0.25) is 4.79 Å². The van der Waals surface area contributed by atoms with Gasteiger partial charge in [-0.1, -0.05) is 13.8 Å². The first-order valence-electron chi connectivity index (χ1n) is 6.16. The first-order chi connectivity index (χ1) is 7.93. The molecule has 0 aromatic carbocycles. The molecule has 1 aliphatic rings. The summed E-state index contributed by atoms with van der Waals surface area (Å²) < 4.78 is 5.18. The zero-order chi connectivity index (χ0) is 14.2. The summed E-state index contributed by atoms with van der Waals surface area (Å²) >= 11 is 0. The van der Waals surface area contributed by atoms with E-state index >= 15 is 0 Å². The van der Waals surface area contributed by atoms with Gasteiger partial charge in [0.05, 0.1) is 12.0 Å². The molecule has 2 N–H and O–H groups in total. The first-order valence-corrected chi connectivity index (χ1v) is 6.16. The lowest BCUT2D eigenvalue weighted by atomic mass is 9.58. The van der Waals surface area contributed by atoms with Crippen LogP contribution < -0.4 is 5.32 Å². The maximum Gasteiger partial charge on any atom is 0.408 e. The van der Waals surface area contributed by atoms with Crippen molar-refractivity contribution in [2.75, 3.05) is 0 Å². The Morgan fingerprint density at radius 3 is 2.11 bits per heavy atom. The molecule has 0 heterocycles. The third kappa shape index (κ3) is 4.20. The summed E-state index contributed by atoms with van der Waals surface area (Å²) in [4.78, 5) is 22.6. The largest absolute Gasteiger partial charge is 0.481 e. The fourth-order valence-electron chi connectivity index (χ4n) is 2.85. The van der Waals surface area contributed by atoms with Crippen molar-refractivity contribution in [3.05, 3.63) is 0 Å². The van der Waals surface area contributed by atoms with E-state index in [9.17, 15) is 9.59 Å². The predicted octanol–water partition coefficient (Wildman–Crippen LogP) is 2.54. The van der Waals surface area contributed by atoms with E-state index in [1.165, 1.54) is 0 Å². The number of nitrogens with one attached hydrogen (secondary N) is 1. The van der Waals surface area contributed by atoms with Crippen LogP contribution in [-0.2, 0) is 9.53 Å². The molecule has 1 fully saturated rings.